The molecule has 116 valence electrons. The second kappa shape index (κ2) is 9.10. The van der Waals surface area contributed by atoms with Crippen LogP contribution in [0.4, 0.5) is 0 Å². The van der Waals surface area contributed by atoms with Crippen LogP contribution < -0.4 is 5.32 Å². The standard InChI is InChI=1S/C15H21NO5/c1-11(21-10-12-6-4-3-5-7-12)14(17)16-13(15(18)19)8-9-20-2/h3-7,11,13H,8-10H2,1-2H3,(H,16,17)(H,18,19). The van der Waals surface area contributed by atoms with E-state index in [2.05, 4.69) is 5.32 Å². The molecule has 0 saturated heterocycles. The van der Waals surface area contributed by atoms with E-state index in [9.17, 15) is 9.59 Å². The van der Waals surface area contributed by atoms with Gasteiger partial charge in [-0.1, -0.05) is 30.3 Å². The summed E-state index contributed by atoms with van der Waals surface area (Å²) in [5.41, 5.74) is 0.950. The van der Waals surface area contributed by atoms with E-state index in [1.165, 1.54) is 7.11 Å². The van der Waals surface area contributed by atoms with Crippen LogP contribution in [0.2, 0.25) is 0 Å². The van der Waals surface area contributed by atoms with Gasteiger partial charge in [0, 0.05) is 20.1 Å². The Morgan fingerprint density at radius 1 is 1.29 bits per heavy atom. The molecule has 6 nitrogen and oxygen atoms in total. The van der Waals surface area contributed by atoms with Gasteiger partial charge in [-0.15, -0.1) is 0 Å². The van der Waals surface area contributed by atoms with E-state index < -0.39 is 24.0 Å². The molecule has 1 rings (SSSR count). The number of nitrogens with one attached hydrogen (secondary N) is 1. The molecular formula is C15H21NO5. The molecule has 0 fully saturated rings. The van der Waals surface area contributed by atoms with Crippen LogP contribution >= 0.6 is 0 Å². The first-order valence-corrected chi connectivity index (χ1v) is 6.72. The van der Waals surface area contributed by atoms with Gasteiger partial charge in [-0.2, -0.15) is 0 Å². The van der Waals surface area contributed by atoms with Crippen LogP contribution in [-0.2, 0) is 25.7 Å². The average Bonchev–Trinajstić information content (AvgIpc) is 2.49. The third kappa shape index (κ3) is 6.37. The zero-order chi connectivity index (χ0) is 15.7. The van der Waals surface area contributed by atoms with Crippen molar-refractivity contribution in [1.82, 2.24) is 5.32 Å². The summed E-state index contributed by atoms with van der Waals surface area (Å²) in [4.78, 5) is 22.9. The van der Waals surface area contributed by atoms with E-state index in [1.54, 1.807) is 6.92 Å². The van der Waals surface area contributed by atoms with Gasteiger partial charge in [0.2, 0.25) is 5.91 Å². The Labute approximate surface area is 124 Å². The molecule has 0 aromatic heterocycles. The van der Waals surface area contributed by atoms with Gasteiger partial charge in [0.05, 0.1) is 6.61 Å². The molecule has 21 heavy (non-hydrogen) atoms. The molecule has 0 aliphatic heterocycles. The van der Waals surface area contributed by atoms with E-state index in [0.29, 0.717) is 6.61 Å². The number of carbonyl (C=O) groups is 2. The molecule has 1 aromatic carbocycles. The van der Waals surface area contributed by atoms with E-state index in [1.807, 2.05) is 30.3 Å². The molecule has 2 unspecified atom stereocenters. The minimum atomic E-state index is -1.09. The molecule has 0 heterocycles. The number of carbonyl (C=O) groups excluding carboxylic acids is 1. The monoisotopic (exact) mass is 295 g/mol. The van der Waals surface area contributed by atoms with Crippen LogP contribution in [0.25, 0.3) is 0 Å². The van der Waals surface area contributed by atoms with Crippen molar-refractivity contribution in [3.05, 3.63) is 35.9 Å². The number of hydrogen-bond donors (Lipinski definition) is 2. The van der Waals surface area contributed by atoms with Crippen LogP contribution in [0.5, 0.6) is 0 Å². The molecule has 0 aliphatic rings. The van der Waals surface area contributed by atoms with Crippen molar-refractivity contribution in [3.8, 4) is 0 Å². The van der Waals surface area contributed by atoms with Crippen LogP contribution in [-0.4, -0.2) is 42.8 Å². The molecule has 1 amide bonds. The maximum Gasteiger partial charge on any atom is 0.326 e. The number of methoxy groups -OCH3 is 1. The second-order valence-electron chi connectivity index (χ2n) is 4.62. The number of aliphatic carboxylic acids is 1. The summed E-state index contributed by atoms with van der Waals surface area (Å²) in [7, 11) is 1.48. The van der Waals surface area contributed by atoms with Crippen molar-refractivity contribution in [3.63, 3.8) is 0 Å². The quantitative estimate of drug-likeness (QED) is 0.715. The fourth-order valence-corrected chi connectivity index (χ4v) is 1.65. The Morgan fingerprint density at radius 3 is 2.52 bits per heavy atom. The van der Waals surface area contributed by atoms with Gasteiger partial charge in [-0.05, 0) is 12.5 Å². The lowest BCUT2D eigenvalue weighted by atomic mass is 10.2. The SMILES string of the molecule is COCCC(NC(=O)C(C)OCc1ccccc1)C(=O)O. The van der Waals surface area contributed by atoms with Crippen LogP contribution in [0, 0.1) is 0 Å². The van der Waals surface area contributed by atoms with Crippen LogP contribution in [0.15, 0.2) is 30.3 Å². The highest BCUT2D eigenvalue weighted by atomic mass is 16.5. The van der Waals surface area contributed by atoms with Gasteiger partial charge in [0.25, 0.3) is 0 Å². The molecule has 0 radical (unpaired) electrons. The lowest BCUT2D eigenvalue weighted by Gasteiger charge is -2.18. The topological polar surface area (TPSA) is 84.9 Å². The zero-order valence-electron chi connectivity index (χ0n) is 12.2. The highest BCUT2D eigenvalue weighted by Gasteiger charge is 2.23. The molecule has 6 heteroatoms. The fourth-order valence-electron chi connectivity index (χ4n) is 1.65. The molecular weight excluding hydrogens is 274 g/mol. The summed E-state index contributed by atoms with van der Waals surface area (Å²) in [6.45, 7) is 2.15. The zero-order valence-corrected chi connectivity index (χ0v) is 12.2. The van der Waals surface area contributed by atoms with Gasteiger partial charge in [-0.3, -0.25) is 4.79 Å². The van der Waals surface area contributed by atoms with E-state index in [4.69, 9.17) is 14.6 Å². The maximum atomic E-state index is 11.9. The summed E-state index contributed by atoms with van der Waals surface area (Å²) in [5.74, 6) is -1.54. The van der Waals surface area contributed by atoms with Crippen LogP contribution in [0.1, 0.15) is 18.9 Å². The van der Waals surface area contributed by atoms with Crippen molar-refractivity contribution < 1.29 is 24.2 Å². The lowest BCUT2D eigenvalue weighted by molar-refractivity contribution is -0.144. The summed E-state index contributed by atoms with van der Waals surface area (Å²) >= 11 is 0. The normalized spacial score (nSPS) is 13.4. The predicted octanol–water partition coefficient (Wildman–Crippen LogP) is 1.20. The maximum absolute atomic E-state index is 11.9. The summed E-state index contributed by atoms with van der Waals surface area (Å²) in [6.07, 6.45) is -0.516. The Kier molecular flexibility index (Phi) is 7.42. The first kappa shape index (κ1) is 17.1. The molecule has 2 atom stereocenters. The summed E-state index contributed by atoms with van der Waals surface area (Å²) in [6, 6.07) is 8.48. The van der Waals surface area contributed by atoms with Crippen molar-refractivity contribution >= 4 is 11.9 Å². The van der Waals surface area contributed by atoms with Gasteiger partial charge in [-0.25, -0.2) is 4.79 Å². The second-order valence-corrected chi connectivity index (χ2v) is 4.62. The highest BCUT2D eigenvalue weighted by molar-refractivity contribution is 5.86. The molecule has 2 N–H and O–H groups in total. The van der Waals surface area contributed by atoms with E-state index >= 15 is 0 Å². The van der Waals surface area contributed by atoms with Gasteiger partial charge in [0.15, 0.2) is 0 Å². The number of rotatable bonds is 9. The minimum absolute atomic E-state index is 0.211. The molecule has 0 spiro atoms. The number of benzene rings is 1. The van der Waals surface area contributed by atoms with Crippen molar-refractivity contribution in [2.24, 2.45) is 0 Å². The Balaban J connectivity index is 2.43. The summed E-state index contributed by atoms with van der Waals surface area (Å²) < 4.78 is 10.3. The van der Waals surface area contributed by atoms with E-state index in [0.717, 1.165) is 5.56 Å². The Morgan fingerprint density at radius 2 is 1.95 bits per heavy atom. The molecule has 0 saturated carbocycles. The fraction of sp³-hybridized carbons (Fsp3) is 0.467. The predicted molar refractivity (Wildman–Crippen MR) is 76.8 cm³/mol. The Hall–Kier alpha value is -1.92. The number of carboxylic acid groups (broad SMARTS) is 1. The third-order valence-electron chi connectivity index (χ3n) is 2.94. The van der Waals surface area contributed by atoms with Gasteiger partial charge < -0.3 is 19.9 Å². The number of ether oxygens (including phenoxy) is 2. The molecule has 1 aromatic rings. The largest absolute Gasteiger partial charge is 0.480 e. The smallest absolute Gasteiger partial charge is 0.326 e. The Bertz CT molecular complexity index is 449. The van der Waals surface area contributed by atoms with Gasteiger partial charge in [0.1, 0.15) is 12.1 Å². The third-order valence-corrected chi connectivity index (χ3v) is 2.94. The number of amides is 1. The number of hydrogen-bond acceptors (Lipinski definition) is 4. The van der Waals surface area contributed by atoms with Crippen molar-refractivity contribution in [2.45, 2.75) is 32.1 Å². The minimum Gasteiger partial charge on any atom is -0.480 e. The first-order chi connectivity index (χ1) is 10.0. The summed E-state index contributed by atoms with van der Waals surface area (Å²) in [5, 5.41) is 11.5. The average molecular weight is 295 g/mol. The van der Waals surface area contributed by atoms with Gasteiger partial charge >= 0.3 is 5.97 Å². The molecule has 0 aliphatic carbocycles. The number of carboxylic acids is 1. The lowest BCUT2D eigenvalue weighted by Crippen LogP contribution is -2.45. The van der Waals surface area contributed by atoms with Crippen molar-refractivity contribution in [1.29, 1.82) is 0 Å². The van der Waals surface area contributed by atoms with E-state index in [-0.39, 0.29) is 13.0 Å². The van der Waals surface area contributed by atoms with Crippen molar-refractivity contribution in [2.75, 3.05) is 13.7 Å². The molecule has 0 bridgehead atoms. The highest BCUT2D eigenvalue weighted by Crippen LogP contribution is 2.04. The first-order valence-electron chi connectivity index (χ1n) is 6.72. The van der Waals surface area contributed by atoms with Crippen LogP contribution in [0.3, 0.4) is 0 Å².